The van der Waals surface area contributed by atoms with Crippen molar-refractivity contribution >= 4 is 44.7 Å². The number of amidine groups is 1. The molecule has 1 amide bonds. The fraction of sp³-hybridized carbons (Fsp3) is 0.364. The highest BCUT2D eigenvalue weighted by atomic mass is 35.5. The van der Waals surface area contributed by atoms with Crippen LogP contribution in [0, 0.1) is 0 Å². The monoisotopic (exact) mass is 493 g/mol. The first-order valence-electron chi connectivity index (χ1n) is 10.4. The predicted molar refractivity (Wildman–Crippen MR) is 126 cm³/mol. The number of anilines is 2. The molecule has 4 rings (SSSR count). The van der Waals surface area contributed by atoms with Gasteiger partial charge in [0.1, 0.15) is 10.7 Å². The number of hydrogen-bond acceptors (Lipinski definition) is 7. The Morgan fingerprint density at radius 2 is 1.73 bits per heavy atom. The molecule has 1 fully saturated rings. The molecule has 2 aromatic carbocycles. The van der Waals surface area contributed by atoms with Crippen molar-refractivity contribution in [1.29, 1.82) is 0 Å². The summed E-state index contributed by atoms with van der Waals surface area (Å²) >= 11 is 6.46. The van der Waals surface area contributed by atoms with Crippen molar-refractivity contribution in [2.45, 2.75) is 30.6 Å². The second kappa shape index (κ2) is 9.11. The third kappa shape index (κ3) is 4.32. The average molecular weight is 494 g/mol. The van der Waals surface area contributed by atoms with E-state index in [9.17, 15) is 13.2 Å². The van der Waals surface area contributed by atoms with E-state index < -0.39 is 15.9 Å². The molecule has 0 aliphatic carbocycles. The Morgan fingerprint density at radius 1 is 1.03 bits per heavy atom. The Hall–Kier alpha value is -2.98. The van der Waals surface area contributed by atoms with Crippen LogP contribution in [0.2, 0.25) is 5.02 Å². The van der Waals surface area contributed by atoms with E-state index in [4.69, 9.17) is 25.8 Å². The highest BCUT2D eigenvalue weighted by Crippen LogP contribution is 2.41. The number of hydrogen-bond donors (Lipinski definition) is 1. The fourth-order valence-electron chi connectivity index (χ4n) is 4.02. The Labute approximate surface area is 197 Å². The van der Waals surface area contributed by atoms with Crippen molar-refractivity contribution in [2.24, 2.45) is 4.40 Å². The molecule has 0 saturated carbocycles. The second-order valence-electron chi connectivity index (χ2n) is 7.61. The summed E-state index contributed by atoms with van der Waals surface area (Å²) in [7, 11) is 0.451. The highest BCUT2D eigenvalue weighted by Gasteiger charge is 2.33. The zero-order valence-electron chi connectivity index (χ0n) is 18.5. The van der Waals surface area contributed by atoms with E-state index in [1.807, 2.05) is 4.90 Å². The van der Waals surface area contributed by atoms with Crippen LogP contribution >= 0.6 is 11.6 Å². The minimum Gasteiger partial charge on any atom is -0.493 e. The molecule has 1 saturated heterocycles. The van der Waals surface area contributed by atoms with Gasteiger partial charge in [0.05, 0.1) is 37.6 Å². The number of benzene rings is 2. The Bertz CT molecular complexity index is 1220. The Morgan fingerprint density at radius 3 is 2.36 bits per heavy atom. The largest absolute Gasteiger partial charge is 0.493 e. The molecule has 0 unspecified atom stereocenters. The molecule has 176 valence electrons. The molecule has 0 spiro atoms. The van der Waals surface area contributed by atoms with Gasteiger partial charge >= 0.3 is 0 Å². The van der Waals surface area contributed by atoms with Crippen LogP contribution in [0.3, 0.4) is 0 Å². The van der Waals surface area contributed by atoms with Crippen molar-refractivity contribution in [1.82, 2.24) is 0 Å². The van der Waals surface area contributed by atoms with E-state index >= 15 is 0 Å². The average Bonchev–Trinajstić information content (AvgIpc) is 3.02. The van der Waals surface area contributed by atoms with Gasteiger partial charge in [0.2, 0.25) is 5.75 Å². The first-order chi connectivity index (χ1) is 15.8. The first-order valence-corrected chi connectivity index (χ1v) is 12.2. The van der Waals surface area contributed by atoms with Crippen LogP contribution in [0.5, 0.6) is 17.2 Å². The zero-order valence-corrected chi connectivity index (χ0v) is 20.0. The number of ether oxygens (including phenoxy) is 3. The second-order valence-corrected chi connectivity index (χ2v) is 9.59. The summed E-state index contributed by atoms with van der Waals surface area (Å²) in [5.74, 6) is 1.02. The van der Waals surface area contributed by atoms with Crippen molar-refractivity contribution < 1.29 is 27.4 Å². The molecule has 0 aromatic heterocycles. The number of nitrogens with zero attached hydrogens (tertiary/aromatic N) is 2. The molecule has 11 heteroatoms. The number of methoxy groups -OCH3 is 3. The van der Waals surface area contributed by atoms with Gasteiger partial charge in [-0.25, -0.2) is 0 Å². The molecule has 0 radical (unpaired) electrons. The normalized spacial score (nSPS) is 16.6. The van der Waals surface area contributed by atoms with Gasteiger partial charge in [0, 0.05) is 30.8 Å². The quantitative estimate of drug-likeness (QED) is 0.668. The molecule has 2 aliphatic rings. The van der Waals surface area contributed by atoms with Gasteiger partial charge in [0.25, 0.3) is 15.9 Å². The zero-order chi connectivity index (χ0) is 23.8. The summed E-state index contributed by atoms with van der Waals surface area (Å²) in [4.78, 5) is 14.9. The number of carbonyl (C=O) groups is 1. The summed E-state index contributed by atoms with van der Waals surface area (Å²) in [5, 5.41) is 2.86. The number of nitrogens with one attached hydrogen (secondary N) is 1. The maximum absolute atomic E-state index is 13.1. The summed E-state index contributed by atoms with van der Waals surface area (Å²) in [6.45, 7) is 0.647. The molecular formula is C22H24ClN3O6S. The third-order valence-electron chi connectivity index (χ3n) is 5.60. The van der Waals surface area contributed by atoms with Gasteiger partial charge in [-0.2, -0.15) is 8.42 Å². The maximum Gasteiger partial charge on any atom is 0.286 e. The van der Waals surface area contributed by atoms with Gasteiger partial charge in [-0.3, -0.25) is 4.79 Å². The van der Waals surface area contributed by atoms with Crippen LogP contribution in [0.25, 0.3) is 0 Å². The van der Waals surface area contributed by atoms with Crippen molar-refractivity contribution in [3.8, 4) is 17.2 Å². The van der Waals surface area contributed by atoms with Crippen LogP contribution < -0.4 is 24.4 Å². The van der Waals surface area contributed by atoms with Gasteiger partial charge in [-0.15, -0.1) is 4.40 Å². The molecular weight excluding hydrogens is 470 g/mol. The van der Waals surface area contributed by atoms with Crippen LogP contribution in [-0.4, -0.2) is 48.0 Å². The number of rotatable bonds is 5. The minimum atomic E-state index is -3.95. The number of halogens is 1. The van der Waals surface area contributed by atoms with Gasteiger partial charge in [-0.05, 0) is 25.0 Å². The molecule has 33 heavy (non-hydrogen) atoms. The van der Waals surface area contributed by atoms with E-state index in [1.165, 1.54) is 33.5 Å². The topological polar surface area (TPSA) is 107 Å². The van der Waals surface area contributed by atoms with E-state index in [0.29, 0.717) is 47.4 Å². The lowest BCUT2D eigenvalue weighted by molar-refractivity contribution is 0.102. The molecule has 2 heterocycles. The van der Waals surface area contributed by atoms with Crippen molar-refractivity contribution in [3.63, 3.8) is 0 Å². The van der Waals surface area contributed by atoms with Crippen LogP contribution in [0.4, 0.5) is 11.4 Å². The number of amides is 1. The lowest BCUT2D eigenvalue weighted by Gasteiger charge is -2.30. The summed E-state index contributed by atoms with van der Waals surface area (Å²) < 4.78 is 45.7. The Balaban J connectivity index is 1.72. The van der Waals surface area contributed by atoms with Gasteiger partial charge < -0.3 is 24.4 Å². The fourth-order valence-corrected chi connectivity index (χ4v) is 5.53. The van der Waals surface area contributed by atoms with Crippen LogP contribution in [0.1, 0.15) is 36.0 Å². The minimum absolute atomic E-state index is 0.0150. The maximum atomic E-state index is 13.1. The van der Waals surface area contributed by atoms with E-state index in [2.05, 4.69) is 9.71 Å². The van der Waals surface area contributed by atoms with Crippen molar-refractivity contribution in [3.05, 3.63) is 34.9 Å². The van der Waals surface area contributed by atoms with Crippen molar-refractivity contribution in [2.75, 3.05) is 38.1 Å². The molecule has 9 nitrogen and oxygen atoms in total. The third-order valence-corrected chi connectivity index (χ3v) is 7.25. The summed E-state index contributed by atoms with van der Waals surface area (Å²) in [6, 6.07) is 5.94. The number of sulfonamides is 1. The first kappa shape index (κ1) is 23.2. The summed E-state index contributed by atoms with van der Waals surface area (Å²) in [6.07, 6.45) is 3.37. The molecule has 2 aromatic rings. The lowest BCUT2D eigenvalue weighted by Crippen LogP contribution is -2.35. The standard InChI is InChI=1S/C22H24ClN3O6S/c1-30-17-9-13(10-18(31-2)21(17)32-3)24-22(27)14-11-19-16(12-15(14)23)26-8-6-4-5-7-20(26)25-33(19,28)29/h9-12H,4-8H2,1-3H3,(H,24,27). The van der Waals surface area contributed by atoms with E-state index in [-0.39, 0.29) is 15.5 Å². The van der Waals surface area contributed by atoms with Crippen LogP contribution in [0.15, 0.2) is 33.6 Å². The van der Waals surface area contributed by atoms with Crippen LogP contribution in [-0.2, 0) is 10.0 Å². The molecule has 0 bridgehead atoms. The number of fused-ring (bicyclic) bond motifs is 3. The smallest absolute Gasteiger partial charge is 0.286 e. The predicted octanol–water partition coefficient (Wildman–Crippen LogP) is 4.10. The summed E-state index contributed by atoms with van der Waals surface area (Å²) in [5.41, 5.74) is 0.830. The van der Waals surface area contributed by atoms with E-state index in [0.717, 1.165) is 19.3 Å². The lowest BCUT2D eigenvalue weighted by atomic mass is 10.1. The van der Waals surface area contributed by atoms with E-state index in [1.54, 1.807) is 12.1 Å². The van der Waals surface area contributed by atoms with Gasteiger partial charge in [0.15, 0.2) is 11.5 Å². The highest BCUT2D eigenvalue weighted by molar-refractivity contribution is 7.90. The molecule has 2 aliphatic heterocycles. The molecule has 0 atom stereocenters. The van der Waals surface area contributed by atoms with Gasteiger partial charge in [-0.1, -0.05) is 18.0 Å². The number of carbonyl (C=O) groups excluding carboxylic acids is 1. The Kier molecular flexibility index (Phi) is 6.40. The molecule has 1 N–H and O–H groups in total. The SMILES string of the molecule is COc1cc(NC(=O)c2cc3c(cc2Cl)N2CCCCCC2=NS3(=O)=O)cc(OC)c1OC.